The maximum Gasteiger partial charge on any atom is 0.0231 e. The molecule has 0 rings (SSSR count). The monoisotopic (exact) mass is 283 g/mol. The Morgan fingerprint density at radius 2 is 1.15 bits per heavy atom. The van der Waals surface area contributed by atoms with Gasteiger partial charge in [-0.1, -0.05) is 73.1 Å². The second kappa shape index (κ2) is 10.7. The van der Waals surface area contributed by atoms with Crippen LogP contribution in [0.3, 0.4) is 0 Å². The molecule has 122 valence electrons. The van der Waals surface area contributed by atoms with Crippen molar-refractivity contribution in [2.75, 3.05) is 7.05 Å². The Morgan fingerprint density at radius 1 is 0.650 bits per heavy atom. The number of rotatable bonds is 13. The minimum absolute atomic E-state index is 0.343. The average molecular weight is 284 g/mol. The molecule has 0 bridgehead atoms. The topological polar surface area (TPSA) is 12.0 Å². The van der Waals surface area contributed by atoms with Gasteiger partial charge in [0.1, 0.15) is 0 Å². The van der Waals surface area contributed by atoms with E-state index in [1.54, 1.807) is 0 Å². The van der Waals surface area contributed by atoms with Gasteiger partial charge < -0.3 is 5.32 Å². The van der Waals surface area contributed by atoms with Crippen LogP contribution in [-0.2, 0) is 0 Å². The van der Waals surface area contributed by atoms with Gasteiger partial charge in [0.2, 0.25) is 0 Å². The molecule has 1 N–H and O–H groups in total. The summed E-state index contributed by atoms with van der Waals surface area (Å²) in [5.74, 6) is 0. The maximum atomic E-state index is 3.76. The van der Waals surface area contributed by atoms with Crippen LogP contribution < -0.4 is 5.32 Å². The smallest absolute Gasteiger partial charge is 0.0231 e. The van der Waals surface area contributed by atoms with E-state index in [-0.39, 0.29) is 0 Å². The standard InChI is InChI=1S/C19H41N/c1-7-12-13-14-15-16-17-19(11-5,20-6)18(8-2,9-3)10-4/h20H,7-17H2,1-6H3. The van der Waals surface area contributed by atoms with E-state index < -0.39 is 0 Å². The first-order chi connectivity index (χ1) is 9.61. The lowest BCUT2D eigenvalue weighted by Crippen LogP contribution is -2.56. The van der Waals surface area contributed by atoms with Crippen molar-refractivity contribution >= 4 is 0 Å². The fourth-order valence-corrected chi connectivity index (χ4v) is 4.36. The van der Waals surface area contributed by atoms with Gasteiger partial charge >= 0.3 is 0 Å². The molecule has 0 heterocycles. The van der Waals surface area contributed by atoms with E-state index in [4.69, 9.17) is 0 Å². The summed E-state index contributed by atoms with van der Waals surface area (Å²) in [6, 6.07) is 0. The molecular formula is C19H41N. The van der Waals surface area contributed by atoms with Crippen molar-refractivity contribution in [1.29, 1.82) is 0 Å². The third-order valence-electron chi connectivity index (χ3n) is 6.08. The van der Waals surface area contributed by atoms with Crippen LogP contribution in [0.4, 0.5) is 0 Å². The van der Waals surface area contributed by atoms with Crippen molar-refractivity contribution in [1.82, 2.24) is 5.32 Å². The molecule has 0 aliphatic carbocycles. The summed E-state index contributed by atoms with van der Waals surface area (Å²) in [7, 11) is 2.19. The summed E-state index contributed by atoms with van der Waals surface area (Å²) < 4.78 is 0. The molecule has 0 aliphatic heterocycles. The minimum Gasteiger partial charge on any atom is -0.314 e. The van der Waals surface area contributed by atoms with Crippen LogP contribution in [0.2, 0.25) is 0 Å². The Kier molecular flexibility index (Phi) is 10.6. The van der Waals surface area contributed by atoms with E-state index in [2.05, 4.69) is 47.0 Å². The Balaban J connectivity index is 4.59. The van der Waals surface area contributed by atoms with Crippen LogP contribution in [0.1, 0.15) is 105 Å². The Bertz CT molecular complexity index is 206. The van der Waals surface area contributed by atoms with E-state index in [1.807, 2.05) is 0 Å². The molecule has 20 heavy (non-hydrogen) atoms. The van der Waals surface area contributed by atoms with E-state index in [0.717, 1.165) is 0 Å². The molecular weight excluding hydrogens is 242 g/mol. The largest absolute Gasteiger partial charge is 0.314 e. The lowest BCUT2D eigenvalue weighted by molar-refractivity contribution is 0.0548. The normalized spacial score (nSPS) is 15.3. The van der Waals surface area contributed by atoms with Crippen LogP contribution in [0, 0.1) is 5.41 Å². The van der Waals surface area contributed by atoms with Crippen LogP contribution in [0.25, 0.3) is 0 Å². The summed E-state index contributed by atoms with van der Waals surface area (Å²) in [4.78, 5) is 0. The van der Waals surface area contributed by atoms with E-state index in [0.29, 0.717) is 11.0 Å². The molecule has 0 amide bonds. The summed E-state index contributed by atoms with van der Waals surface area (Å²) in [6.45, 7) is 11.8. The number of hydrogen-bond acceptors (Lipinski definition) is 1. The van der Waals surface area contributed by atoms with Gasteiger partial charge in [0, 0.05) is 5.54 Å². The van der Waals surface area contributed by atoms with Gasteiger partial charge in [-0.25, -0.2) is 0 Å². The highest BCUT2D eigenvalue weighted by Crippen LogP contribution is 2.46. The molecule has 0 radical (unpaired) electrons. The highest BCUT2D eigenvalue weighted by atomic mass is 15.0. The van der Waals surface area contributed by atoms with Crippen LogP contribution in [0.5, 0.6) is 0 Å². The Labute approximate surface area is 129 Å². The van der Waals surface area contributed by atoms with Gasteiger partial charge in [-0.05, 0) is 44.6 Å². The number of nitrogens with one attached hydrogen (secondary N) is 1. The first-order valence-corrected chi connectivity index (χ1v) is 9.30. The average Bonchev–Trinajstić information content (AvgIpc) is 2.50. The number of hydrogen-bond donors (Lipinski definition) is 1. The van der Waals surface area contributed by atoms with Gasteiger partial charge in [0.05, 0.1) is 0 Å². The quantitative estimate of drug-likeness (QED) is 0.390. The molecule has 0 aromatic heterocycles. The summed E-state index contributed by atoms with van der Waals surface area (Å²) in [5.41, 5.74) is 0.815. The zero-order chi connectivity index (χ0) is 15.5. The fraction of sp³-hybridized carbons (Fsp3) is 1.00. The first-order valence-electron chi connectivity index (χ1n) is 9.30. The molecule has 0 spiro atoms. The molecule has 1 atom stereocenters. The second-order valence-corrected chi connectivity index (χ2v) is 6.54. The molecule has 0 aliphatic rings. The van der Waals surface area contributed by atoms with Crippen molar-refractivity contribution in [2.24, 2.45) is 5.41 Å². The third-order valence-corrected chi connectivity index (χ3v) is 6.08. The number of unbranched alkanes of at least 4 members (excludes halogenated alkanes) is 5. The lowest BCUT2D eigenvalue weighted by Gasteiger charge is -2.50. The van der Waals surface area contributed by atoms with Crippen molar-refractivity contribution < 1.29 is 0 Å². The van der Waals surface area contributed by atoms with Gasteiger partial charge in [-0.3, -0.25) is 0 Å². The van der Waals surface area contributed by atoms with Crippen molar-refractivity contribution in [3.63, 3.8) is 0 Å². The van der Waals surface area contributed by atoms with Crippen LogP contribution in [0.15, 0.2) is 0 Å². The first kappa shape index (κ1) is 20.0. The van der Waals surface area contributed by atoms with E-state index in [1.165, 1.54) is 70.6 Å². The summed E-state index contributed by atoms with van der Waals surface area (Å²) in [6.07, 6.45) is 14.9. The highest BCUT2D eigenvalue weighted by molar-refractivity contribution is 5.01. The highest BCUT2D eigenvalue weighted by Gasteiger charge is 2.44. The maximum absolute atomic E-state index is 3.76. The van der Waals surface area contributed by atoms with Gasteiger partial charge in [-0.15, -0.1) is 0 Å². The minimum atomic E-state index is 0.343. The van der Waals surface area contributed by atoms with Crippen molar-refractivity contribution in [2.45, 2.75) is 111 Å². The molecule has 1 unspecified atom stereocenters. The predicted molar refractivity (Wildman–Crippen MR) is 93.4 cm³/mol. The Hall–Kier alpha value is -0.0400. The zero-order valence-electron chi connectivity index (χ0n) is 15.3. The van der Waals surface area contributed by atoms with E-state index in [9.17, 15) is 0 Å². The zero-order valence-corrected chi connectivity index (χ0v) is 15.3. The molecule has 1 nitrogen and oxygen atoms in total. The molecule has 1 heteroatoms. The van der Waals surface area contributed by atoms with E-state index >= 15 is 0 Å². The van der Waals surface area contributed by atoms with Gasteiger partial charge in [0.25, 0.3) is 0 Å². The molecule has 0 saturated carbocycles. The van der Waals surface area contributed by atoms with Crippen molar-refractivity contribution in [3.05, 3.63) is 0 Å². The lowest BCUT2D eigenvalue weighted by atomic mass is 9.61. The van der Waals surface area contributed by atoms with Crippen LogP contribution in [-0.4, -0.2) is 12.6 Å². The second-order valence-electron chi connectivity index (χ2n) is 6.54. The summed E-state index contributed by atoms with van der Waals surface area (Å²) in [5, 5.41) is 3.76. The summed E-state index contributed by atoms with van der Waals surface area (Å²) >= 11 is 0. The third kappa shape index (κ3) is 4.76. The SMILES string of the molecule is CCCCCCCCC(CC)(NC)C(CC)(CC)CC. The van der Waals surface area contributed by atoms with Crippen molar-refractivity contribution in [3.8, 4) is 0 Å². The predicted octanol–water partition coefficient (Wildman–Crippen LogP) is 6.32. The molecule has 0 aromatic carbocycles. The molecule has 0 fully saturated rings. The van der Waals surface area contributed by atoms with Gasteiger partial charge in [0.15, 0.2) is 0 Å². The van der Waals surface area contributed by atoms with Crippen LogP contribution >= 0.6 is 0 Å². The Morgan fingerprint density at radius 3 is 1.55 bits per heavy atom. The molecule has 0 aromatic rings. The molecule has 0 saturated heterocycles. The fourth-order valence-electron chi connectivity index (χ4n) is 4.36. The van der Waals surface area contributed by atoms with Gasteiger partial charge in [-0.2, -0.15) is 0 Å².